The molecule has 1 amide bonds. The first-order valence-electron chi connectivity index (χ1n) is 5.43. The van der Waals surface area contributed by atoms with Gasteiger partial charge in [0, 0.05) is 35.5 Å². The van der Waals surface area contributed by atoms with Gasteiger partial charge in [-0.2, -0.15) is 23.5 Å². The van der Waals surface area contributed by atoms with E-state index >= 15 is 0 Å². The van der Waals surface area contributed by atoms with Crippen LogP contribution in [0.15, 0.2) is 0 Å². The molecule has 0 radical (unpaired) electrons. The van der Waals surface area contributed by atoms with Gasteiger partial charge < -0.3 is 10.6 Å². The fraction of sp³-hybridized carbons (Fsp3) is 0.900. The maximum absolute atomic E-state index is 11.4. The molecule has 96 valence electrons. The van der Waals surface area contributed by atoms with E-state index in [4.69, 9.17) is 0 Å². The van der Waals surface area contributed by atoms with Gasteiger partial charge in [-0.25, -0.2) is 0 Å². The van der Waals surface area contributed by atoms with E-state index in [1.54, 1.807) is 0 Å². The zero-order valence-corrected chi connectivity index (χ0v) is 12.1. The summed E-state index contributed by atoms with van der Waals surface area (Å²) in [6, 6.07) is 0. The van der Waals surface area contributed by atoms with Crippen molar-refractivity contribution in [3.05, 3.63) is 0 Å². The molecule has 1 heterocycles. The number of nitrogens with one attached hydrogen (secondary N) is 2. The van der Waals surface area contributed by atoms with Crippen LogP contribution in [0.2, 0.25) is 0 Å². The third-order valence-electron chi connectivity index (χ3n) is 2.24. The van der Waals surface area contributed by atoms with Gasteiger partial charge in [-0.15, -0.1) is 12.4 Å². The summed E-state index contributed by atoms with van der Waals surface area (Å²) < 4.78 is 0. The Morgan fingerprint density at radius 2 is 2.25 bits per heavy atom. The normalized spacial score (nSPS) is 19.9. The van der Waals surface area contributed by atoms with E-state index in [0.717, 1.165) is 19.5 Å². The third kappa shape index (κ3) is 7.65. The Kier molecular flexibility index (Phi) is 10.8. The van der Waals surface area contributed by atoms with Crippen molar-refractivity contribution >= 4 is 41.8 Å². The third-order valence-corrected chi connectivity index (χ3v) is 5.09. The van der Waals surface area contributed by atoms with Gasteiger partial charge in [-0.1, -0.05) is 0 Å². The van der Waals surface area contributed by atoms with E-state index in [-0.39, 0.29) is 18.3 Å². The highest BCUT2D eigenvalue weighted by molar-refractivity contribution is 8.06. The predicted octanol–water partition coefficient (Wildman–Crippen LogP) is 1.37. The minimum atomic E-state index is 0. The van der Waals surface area contributed by atoms with Crippen molar-refractivity contribution in [2.45, 2.75) is 18.1 Å². The molecule has 2 N–H and O–H groups in total. The van der Waals surface area contributed by atoms with E-state index in [9.17, 15) is 4.79 Å². The van der Waals surface area contributed by atoms with Gasteiger partial charge in [0.05, 0.1) is 0 Å². The predicted molar refractivity (Wildman–Crippen MR) is 77.0 cm³/mol. The number of carbonyl (C=O) groups excluding carboxylic acids is 1. The summed E-state index contributed by atoms with van der Waals surface area (Å²) >= 11 is 3.98. The lowest BCUT2D eigenvalue weighted by atomic mass is 10.3. The molecule has 0 bridgehead atoms. The molecule has 16 heavy (non-hydrogen) atoms. The molecule has 0 spiro atoms. The number of rotatable bonds is 6. The first-order chi connectivity index (χ1) is 7.33. The lowest BCUT2D eigenvalue weighted by Gasteiger charge is -2.21. The molecule has 3 nitrogen and oxygen atoms in total. The van der Waals surface area contributed by atoms with Crippen LogP contribution in [0, 0.1) is 0 Å². The molecular weight excluding hydrogens is 264 g/mol. The second-order valence-electron chi connectivity index (χ2n) is 3.58. The summed E-state index contributed by atoms with van der Waals surface area (Å²) in [7, 11) is 1.91. The van der Waals surface area contributed by atoms with Crippen LogP contribution in [0.1, 0.15) is 12.8 Å². The van der Waals surface area contributed by atoms with Crippen molar-refractivity contribution in [3.63, 3.8) is 0 Å². The first kappa shape index (κ1) is 16.4. The minimum Gasteiger partial charge on any atom is -0.355 e. The smallest absolute Gasteiger partial charge is 0.220 e. The number of carbonyl (C=O) groups is 1. The van der Waals surface area contributed by atoms with E-state index < -0.39 is 0 Å². The zero-order valence-electron chi connectivity index (χ0n) is 9.66. The first-order valence-corrected chi connectivity index (χ1v) is 7.64. The van der Waals surface area contributed by atoms with Crippen LogP contribution in [-0.4, -0.2) is 48.6 Å². The van der Waals surface area contributed by atoms with E-state index in [2.05, 4.69) is 10.6 Å². The SMILES string of the molecule is CNCCCC(=O)NCC1CSCCS1.Cl. The molecular formula is C10H21ClN2OS2. The van der Waals surface area contributed by atoms with Crippen molar-refractivity contribution in [2.24, 2.45) is 0 Å². The lowest BCUT2D eigenvalue weighted by molar-refractivity contribution is -0.121. The molecule has 0 aliphatic carbocycles. The Bertz CT molecular complexity index is 190. The number of hydrogen-bond acceptors (Lipinski definition) is 4. The lowest BCUT2D eigenvalue weighted by Crippen LogP contribution is -2.33. The van der Waals surface area contributed by atoms with Crippen LogP contribution in [0.4, 0.5) is 0 Å². The van der Waals surface area contributed by atoms with Gasteiger partial charge in [0.2, 0.25) is 5.91 Å². The molecule has 1 atom stereocenters. The van der Waals surface area contributed by atoms with Gasteiger partial charge in [0.25, 0.3) is 0 Å². The number of halogens is 1. The van der Waals surface area contributed by atoms with Crippen LogP contribution >= 0.6 is 35.9 Å². The summed E-state index contributed by atoms with van der Waals surface area (Å²) in [4.78, 5) is 11.4. The highest BCUT2D eigenvalue weighted by Crippen LogP contribution is 2.23. The van der Waals surface area contributed by atoms with Gasteiger partial charge in [-0.05, 0) is 20.0 Å². The van der Waals surface area contributed by atoms with Crippen molar-refractivity contribution in [2.75, 3.05) is 37.4 Å². The number of hydrogen-bond donors (Lipinski definition) is 2. The Morgan fingerprint density at radius 3 is 2.88 bits per heavy atom. The standard InChI is InChI=1S/C10H20N2OS2.ClH/c1-11-4-2-3-10(13)12-7-9-8-14-5-6-15-9;/h9,11H,2-8H2,1H3,(H,12,13);1H. The molecule has 1 rings (SSSR count). The summed E-state index contributed by atoms with van der Waals surface area (Å²) in [5.74, 6) is 3.87. The topological polar surface area (TPSA) is 41.1 Å². The monoisotopic (exact) mass is 284 g/mol. The molecule has 1 saturated heterocycles. The number of thioether (sulfide) groups is 2. The summed E-state index contributed by atoms with van der Waals surface area (Å²) in [6.07, 6.45) is 1.57. The van der Waals surface area contributed by atoms with Gasteiger partial charge >= 0.3 is 0 Å². The van der Waals surface area contributed by atoms with E-state index in [0.29, 0.717) is 11.7 Å². The molecule has 1 aliphatic heterocycles. The minimum absolute atomic E-state index is 0. The van der Waals surface area contributed by atoms with Crippen LogP contribution in [-0.2, 0) is 4.79 Å². The van der Waals surface area contributed by atoms with Gasteiger partial charge in [0.1, 0.15) is 0 Å². The average Bonchev–Trinajstić information content (AvgIpc) is 2.28. The molecule has 0 aromatic heterocycles. The summed E-state index contributed by atoms with van der Waals surface area (Å²) in [5, 5.41) is 6.67. The Hall–Kier alpha value is 0.420. The average molecular weight is 285 g/mol. The van der Waals surface area contributed by atoms with E-state index in [1.807, 2.05) is 30.6 Å². The van der Waals surface area contributed by atoms with Crippen LogP contribution in [0.3, 0.4) is 0 Å². The largest absolute Gasteiger partial charge is 0.355 e. The van der Waals surface area contributed by atoms with Crippen molar-refractivity contribution < 1.29 is 4.79 Å². The molecule has 0 aromatic carbocycles. The van der Waals surface area contributed by atoms with Gasteiger partial charge in [-0.3, -0.25) is 4.79 Å². The highest BCUT2D eigenvalue weighted by Gasteiger charge is 2.14. The van der Waals surface area contributed by atoms with E-state index in [1.165, 1.54) is 17.3 Å². The van der Waals surface area contributed by atoms with Crippen molar-refractivity contribution in [1.29, 1.82) is 0 Å². The fourth-order valence-corrected chi connectivity index (χ4v) is 4.01. The summed E-state index contributed by atoms with van der Waals surface area (Å²) in [5.41, 5.74) is 0. The Labute approximate surface area is 113 Å². The maximum atomic E-state index is 11.4. The highest BCUT2D eigenvalue weighted by atomic mass is 35.5. The quantitative estimate of drug-likeness (QED) is 0.723. The van der Waals surface area contributed by atoms with Crippen LogP contribution in [0.25, 0.3) is 0 Å². The molecule has 0 aromatic rings. The summed E-state index contributed by atoms with van der Waals surface area (Å²) in [6.45, 7) is 1.76. The van der Waals surface area contributed by atoms with Crippen molar-refractivity contribution in [1.82, 2.24) is 10.6 Å². The second kappa shape index (κ2) is 10.6. The molecule has 1 fully saturated rings. The number of amides is 1. The van der Waals surface area contributed by atoms with Gasteiger partial charge in [0.15, 0.2) is 0 Å². The van der Waals surface area contributed by atoms with Crippen molar-refractivity contribution in [3.8, 4) is 0 Å². The molecule has 1 aliphatic rings. The zero-order chi connectivity index (χ0) is 10.9. The van der Waals surface area contributed by atoms with Crippen LogP contribution in [0.5, 0.6) is 0 Å². The van der Waals surface area contributed by atoms with Crippen LogP contribution < -0.4 is 10.6 Å². The Morgan fingerprint density at radius 1 is 1.44 bits per heavy atom. The Balaban J connectivity index is 0.00000225. The molecule has 6 heteroatoms. The molecule has 0 saturated carbocycles. The fourth-order valence-electron chi connectivity index (χ4n) is 1.40. The maximum Gasteiger partial charge on any atom is 0.220 e. The second-order valence-corrected chi connectivity index (χ2v) is 6.14. The molecule has 1 unspecified atom stereocenters.